The highest BCUT2D eigenvalue weighted by Gasteiger charge is 2.45. The van der Waals surface area contributed by atoms with E-state index in [2.05, 4.69) is 10.7 Å². The van der Waals surface area contributed by atoms with Gasteiger partial charge in [-0.3, -0.25) is 14.6 Å². The zero-order valence-corrected chi connectivity index (χ0v) is 10.5. The van der Waals surface area contributed by atoms with Gasteiger partial charge in [-0.1, -0.05) is 12.8 Å². The van der Waals surface area contributed by atoms with Crippen LogP contribution < -0.4 is 10.7 Å². The molecule has 17 heavy (non-hydrogen) atoms. The van der Waals surface area contributed by atoms with Crippen molar-refractivity contribution in [1.82, 2.24) is 15.8 Å². The first-order valence-corrected chi connectivity index (χ1v) is 6.48. The van der Waals surface area contributed by atoms with Crippen molar-refractivity contribution in [1.29, 1.82) is 0 Å². The molecule has 1 aliphatic heterocycles. The molecule has 1 saturated heterocycles. The van der Waals surface area contributed by atoms with Gasteiger partial charge in [-0.15, -0.1) is 0 Å². The van der Waals surface area contributed by atoms with Crippen molar-refractivity contribution in [3.8, 4) is 0 Å². The summed E-state index contributed by atoms with van der Waals surface area (Å²) in [5.41, 5.74) is 3.07. The molecule has 0 aromatic heterocycles. The van der Waals surface area contributed by atoms with Gasteiger partial charge in [-0.05, 0) is 25.7 Å². The Kier molecular flexibility index (Phi) is 3.66. The predicted molar refractivity (Wildman–Crippen MR) is 63.8 cm³/mol. The third-order valence-electron chi connectivity index (χ3n) is 3.97. The Balaban J connectivity index is 2.20. The Morgan fingerprint density at radius 3 is 2.82 bits per heavy atom. The van der Waals surface area contributed by atoms with Crippen molar-refractivity contribution in [2.45, 2.75) is 38.6 Å². The SMILES string of the molecule is CCN1NC(C(=O)NC)C2CCCCC2C1=O. The van der Waals surface area contributed by atoms with Crippen LogP contribution in [0, 0.1) is 11.8 Å². The minimum Gasteiger partial charge on any atom is -0.358 e. The number of hydrogen-bond donors (Lipinski definition) is 2. The molecule has 0 aromatic carbocycles. The number of nitrogens with one attached hydrogen (secondary N) is 2. The van der Waals surface area contributed by atoms with Gasteiger partial charge < -0.3 is 5.32 Å². The standard InChI is InChI=1S/C12H21N3O2/c1-3-15-12(17)9-7-5-4-6-8(9)10(14-15)11(16)13-2/h8-10,14H,3-7H2,1-2H3,(H,13,16). The second kappa shape index (κ2) is 5.04. The zero-order valence-electron chi connectivity index (χ0n) is 10.5. The second-order valence-electron chi connectivity index (χ2n) is 4.86. The topological polar surface area (TPSA) is 61.4 Å². The maximum atomic E-state index is 12.2. The largest absolute Gasteiger partial charge is 0.358 e. The van der Waals surface area contributed by atoms with E-state index in [4.69, 9.17) is 0 Å². The molecule has 1 saturated carbocycles. The number of nitrogens with zero attached hydrogens (tertiary/aromatic N) is 1. The van der Waals surface area contributed by atoms with Crippen molar-refractivity contribution in [2.75, 3.05) is 13.6 Å². The van der Waals surface area contributed by atoms with Crippen LogP contribution in [0.4, 0.5) is 0 Å². The normalized spacial score (nSPS) is 33.2. The van der Waals surface area contributed by atoms with Gasteiger partial charge in [-0.2, -0.15) is 0 Å². The monoisotopic (exact) mass is 239 g/mol. The van der Waals surface area contributed by atoms with Crippen LogP contribution >= 0.6 is 0 Å². The number of fused-ring (bicyclic) bond motifs is 1. The van der Waals surface area contributed by atoms with E-state index in [1.165, 1.54) is 0 Å². The first-order chi connectivity index (χ1) is 8.19. The molecule has 2 amide bonds. The first-order valence-electron chi connectivity index (χ1n) is 6.48. The fourth-order valence-corrected chi connectivity index (χ4v) is 3.05. The third kappa shape index (κ3) is 2.16. The molecule has 2 rings (SSSR count). The highest BCUT2D eigenvalue weighted by Crippen LogP contribution is 2.36. The maximum absolute atomic E-state index is 12.2. The van der Waals surface area contributed by atoms with Crippen molar-refractivity contribution in [3.63, 3.8) is 0 Å². The molecule has 5 heteroatoms. The van der Waals surface area contributed by atoms with Gasteiger partial charge in [0.1, 0.15) is 6.04 Å². The highest BCUT2D eigenvalue weighted by atomic mass is 16.2. The molecular formula is C12H21N3O2. The van der Waals surface area contributed by atoms with Gasteiger partial charge in [-0.25, -0.2) is 5.43 Å². The molecule has 1 aliphatic carbocycles. The van der Waals surface area contributed by atoms with Crippen LogP contribution in [-0.2, 0) is 9.59 Å². The molecule has 2 fully saturated rings. The fraction of sp³-hybridized carbons (Fsp3) is 0.833. The molecule has 0 bridgehead atoms. The van der Waals surface area contributed by atoms with E-state index in [0.29, 0.717) is 6.54 Å². The molecule has 1 heterocycles. The summed E-state index contributed by atoms with van der Waals surface area (Å²) >= 11 is 0. The predicted octanol–water partition coefficient (Wildman–Crippen LogP) is 0.274. The Bertz CT molecular complexity index is 319. The summed E-state index contributed by atoms with van der Waals surface area (Å²) in [4.78, 5) is 24.1. The molecular weight excluding hydrogens is 218 g/mol. The van der Waals surface area contributed by atoms with Crippen LogP contribution in [0.15, 0.2) is 0 Å². The van der Waals surface area contributed by atoms with Gasteiger partial charge >= 0.3 is 0 Å². The third-order valence-corrected chi connectivity index (χ3v) is 3.97. The van der Waals surface area contributed by atoms with Gasteiger partial charge in [0, 0.05) is 19.5 Å². The minimum absolute atomic E-state index is 0.00662. The second-order valence-corrected chi connectivity index (χ2v) is 4.86. The van der Waals surface area contributed by atoms with Gasteiger partial charge in [0.15, 0.2) is 0 Å². The Morgan fingerprint density at radius 2 is 2.18 bits per heavy atom. The number of rotatable bonds is 2. The molecule has 2 N–H and O–H groups in total. The number of hydrogen-bond acceptors (Lipinski definition) is 3. The molecule has 3 unspecified atom stereocenters. The minimum atomic E-state index is -0.247. The van der Waals surface area contributed by atoms with Crippen LogP contribution in [-0.4, -0.2) is 36.5 Å². The van der Waals surface area contributed by atoms with Crippen LogP contribution in [0.5, 0.6) is 0 Å². The van der Waals surface area contributed by atoms with E-state index in [1.54, 1.807) is 12.1 Å². The smallest absolute Gasteiger partial charge is 0.240 e. The van der Waals surface area contributed by atoms with Crippen LogP contribution in [0.25, 0.3) is 0 Å². The van der Waals surface area contributed by atoms with E-state index in [9.17, 15) is 9.59 Å². The highest BCUT2D eigenvalue weighted by molar-refractivity contribution is 5.87. The molecule has 0 aromatic rings. The number of carbonyl (C=O) groups is 2. The lowest BCUT2D eigenvalue weighted by molar-refractivity contribution is -0.153. The Morgan fingerprint density at radius 1 is 1.47 bits per heavy atom. The molecule has 96 valence electrons. The first kappa shape index (κ1) is 12.4. The summed E-state index contributed by atoms with van der Waals surface area (Å²) in [6, 6.07) is -0.247. The average molecular weight is 239 g/mol. The summed E-state index contributed by atoms with van der Waals surface area (Å²) in [6.07, 6.45) is 4.12. The Hall–Kier alpha value is -1.10. The average Bonchev–Trinajstić information content (AvgIpc) is 2.38. The quantitative estimate of drug-likeness (QED) is 0.727. The van der Waals surface area contributed by atoms with E-state index in [0.717, 1.165) is 25.7 Å². The Labute approximate surface area is 102 Å². The van der Waals surface area contributed by atoms with Crippen molar-refractivity contribution >= 4 is 11.8 Å². The van der Waals surface area contributed by atoms with Crippen LogP contribution in [0.1, 0.15) is 32.6 Å². The number of amides is 2. The summed E-state index contributed by atoms with van der Waals surface area (Å²) in [5.74, 6) is 0.358. The molecule has 0 spiro atoms. The molecule has 0 radical (unpaired) electrons. The lowest BCUT2D eigenvalue weighted by Gasteiger charge is -2.44. The van der Waals surface area contributed by atoms with Crippen molar-refractivity contribution in [2.24, 2.45) is 11.8 Å². The summed E-state index contributed by atoms with van der Waals surface area (Å²) in [5, 5.41) is 4.29. The van der Waals surface area contributed by atoms with Gasteiger partial charge in [0.05, 0.1) is 0 Å². The van der Waals surface area contributed by atoms with Crippen molar-refractivity contribution in [3.05, 3.63) is 0 Å². The zero-order chi connectivity index (χ0) is 12.4. The van der Waals surface area contributed by atoms with E-state index >= 15 is 0 Å². The number of carbonyl (C=O) groups excluding carboxylic acids is 2. The van der Waals surface area contributed by atoms with Crippen LogP contribution in [0.3, 0.4) is 0 Å². The number of likely N-dealkylation sites (N-methyl/N-ethyl adjacent to an activating group) is 1. The van der Waals surface area contributed by atoms with Crippen LogP contribution in [0.2, 0.25) is 0 Å². The van der Waals surface area contributed by atoms with Gasteiger partial charge in [0.25, 0.3) is 0 Å². The number of hydrazine groups is 1. The summed E-state index contributed by atoms with van der Waals surface area (Å²) < 4.78 is 0. The molecule has 3 atom stereocenters. The lowest BCUT2D eigenvalue weighted by atomic mass is 9.73. The fourth-order valence-electron chi connectivity index (χ4n) is 3.05. The summed E-state index contributed by atoms with van der Waals surface area (Å²) in [7, 11) is 1.65. The van der Waals surface area contributed by atoms with Gasteiger partial charge in [0.2, 0.25) is 11.8 Å². The van der Waals surface area contributed by atoms with E-state index < -0.39 is 0 Å². The van der Waals surface area contributed by atoms with E-state index in [-0.39, 0.29) is 29.7 Å². The van der Waals surface area contributed by atoms with Crippen molar-refractivity contribution < 1.29 is 9.59 Å². The maximum Gasteiger partial charge on any atom is 0.240 e. The molecule has 2 aliphatic rings. The molecule has 5 nitrogen and oxygen atoms in total. The van der Waals surface area contributed by atoms with E-state index in [1.807, 2.05) is 6.92 Å². The lowest BCUT2D eigenvalue weighted by Crippen LogP contribution is -2.65. The summed E-state index contributed by atoms with van der Waals surface area (Å²) in [6.45, 7) is 2.53.